The Morgan fingerprint density at radius 1 is 1.06 bits per heavy atom. The number of H-pyrrole nitrogens is 1. The van der Waals surface area contributed by atoms with Crippen LogP contribution in [0, 0.1) is 0 Å². The van der Waals surface area contributed by atoms with Crippen molar-refractivity contribution in [2.24, 2.45) is 0 Å². The van der Waals surface area contributed by atoms with Gasteiger partial charge in [-0.25, -0.2) is 0 Å². The van der Waals surface area contributed by atoms with Crippen LogP contribution in [0.4, 0.5) is 0 Å². The maximum absolute atomic E-state index is 11.4. The van der Waals surface area contributed by atoms with Crippen molar-refractivity contribution < 1.29 is 9.59 Å². The van der Waals surface area contributed by atoms with E-state index in [1.165, 1.54) is 0 Å². The number of nitrogens with one attached hydrogen (secondary N) is 1. The molecule has 86 valence electrons. The summed E-state index contributed by atoms with van der Waals surface area (Å²) in [4.78, 5) is 26.0. The van der Waals surface area contributed by atoms with E-state index in [0.29, 0.717) is 12.8 Å². The molecule has 1 fully saturated rings. The fraction of sp³-hybridized carbons (Fsp3) is 0.286. The molecule has 0 unspecified atom stereocenters. The Balaban J connectivity index is 1.96. The molecule has 0 aliphatic heterocycles. The summed E-state index contributed by atoms with van der Waals surface area (Å²) in [7, 11) is 0. The number of rotatable bonds is 1. The molecule has 1 N–H and O–H groups in total. The molecular formula is C14H13NO2. The molecule has 1 aromatic heterocycles. The van der Waals surface area contributed by atoms with Gasteiger partial charge in [-0.1, -0.05) is 12.1 Å². The highest BCUT2D eigenvalue weighted by Gasteiger charge is 2.26. The van der Waals surface area contributed by atoms with Crippen molar-refractivity contribution in [3.63, 3.8) is 0 Å². The fourth-order valence-corrected chi connectivity index (χ4v) is 2.54. The number of aromatic nitrogens is 1. The third-order valence-electron chi connectivity index (χ3n) is 3.39. The molecule has 17 heavy (non-hydrogen) atoms. The van der Waals surface area contributed by atoms with Crippen molar-refractivity contribution in [3.8, 4) is 0 Å². The Bertz CT molecular complexity index is 581. The van der Waals surface area contributed by atoms with E-state index >= 15 is 0 Å². The summed E-state index contributed by atoms with van der Waals surface area (Å²) >= 11 is 0. The molecule has 0 atom stereocenters. The van der Waals surface area contributed by atoms with E-state index in [2.05, 4.69) is 4.98 Å². The van der Waals surface area contributed by atoms with Gasteiger partial charge < -0.3 is 4.98 Å². The van der Waals surface area contributed by atoms with Crippen LogP contribution >= 0.6 is 0 Å². The maximum Gasteiger partial charge on any atom is 0.140 e. The van der Waals surface area contributed by atoms with Crippen LogP contribution in [0.5, 0.6) is 0 Å². The predicted octanol–water partition coefficient (Wildman–Crippen LogP) is 2.57. The zero-order chi connectivity index (χ0) is 11.8. The van der Waals surface area contributed by atoms with Gasteiger partial charge in [0.2, 0.25) is 0 Å². The summed E-state index contributed by atoms with van der Waals surface area (Å²) in [5, 5.41) is 1.15. The number of carbonyl (C=O) groups is 2. The van der Waals surface area contributed by atoms with E-state index in [0.717, 1.165) is 16.5 Å². The first-order valence-corrected chi connectivity index (χ1v) is 5.83. The van der Waals surface area contributed by atoms with E-state index in [1.807, 2.05) is 30.5 Å². The van der Waals surface area contributed by atoms with Crippen LogP contribution in [0.1, 0.15) is 30.7 Å². The van der Waals surface area contributed by atoms with E-state index < -0.39 is 0 Å². The highest BCUT2D eigenvalue weighted by atomic mass is 16.1. The molecule has 0 bridgehead atoms. The predicted molar refractivity (Wildman–Crippen MR) is 64.9 cm³/mol. The van der Waals surface area contributed by atoms with Crippen LogP contribution < -0.4 is 0 Å². The number of hydrogen-bond donors (Lipinski definition) is 1. The average molecular weight is 227 g/mol. The SMILES string of the molecule is O=C1CC(=O)CC(c2ccc3cc[nH]c3c2)C1. The van der Waals surface area contributed by atoms with Gasteiger partial charge in [0.1, 0.15) is 11.6 Å². The lowest BCUT2D eigenvalue weighted by Gasteiger charge is -2.20. The highest BCUT2D eigenvalue weighted by molar-refractivity contribution is 6.02. The summed E-state index contributed by atoms with van der Waals surface area (Å²) in [6.07, 6.45) is 3.02. The Morgan fingerprint density at radius 2 is 1.82 bits per heavy atom. The standard InChI is InChI=1S/C14H13NO2/c16-12-5-11(6-13(17)8-12)10-2-1-9-3-4-15-14(9)7-10/h1-4,7,11,15H,5-6,8H2. The summed E-state index contributed by atoms with van der Waals surface area (Å²) in [5.74, 6) is 0.201. The first-order valence-electron chi connectivity index (χ1n) is 5.83. The van der Waals surface area contributed by atoms with E-state index in [9.17, 15) is 9.59 Å². The van der Waals surface area contributed by atoms with Crippen LogP contribution in [0.2, 0.25) is 0 Å². The summed E-state index contributed by atoms with van der Waals surface area (Å²) in [6.45, 7) is 0. The molecule has 3 heteroatoms. The van der Waals surface area contributed by atoms with E-state index in [4.69, 9.17) is 0 Å². The second kappa shape index (κ2) is 3.84. The number of Topliss-reactive ketones (excluding diaryl/α,β-unsaturated/α-hetero) is 2. The number of ketones is 2. The Labute approximate surface area is 98.8 Å². The molecule has 1 aromatic carbocycles. The number of aromatic amines is 1. The summed E-state index contributed by atoms with van der Waals surface area (Å²) < 4.78 is 0. The largest absolute Gasteiger partial charge is 0.361 e. The van der Waals surface area contributed by atoms with Crippen molar-refractivity contribution in [3.05, 3.63) is 36.0 Å². The normalized spacial score (nSPS) is 17.9. The molecule has 0 amide bonds. The van der Waals surface area contributed by atoms with Crippen molar-refractivity contribution in [2.45, 2.75) is 25.2 Å². The lowest BCUT2D eigenvalue weighted by atomic mass is 9.82. The lowest BCUT2D eigenvalue weighted by molar-refractivity contribution is -0.130. The Morgan fingerprint density at radius 3 is 2.59 bits per heavy atom. The van der Waals surface area contributed by atoms with Crippen molar-refractivity contribution in [1.82, 2.24) is 4.98 Å². The van der Waals surface area contributed by atoms with Gasteiger partial charge in [0, 0.05) is 24.6 Å². The fourth-order valence-electron chi connectivity index (χ4n) is 2.54. The van der Waals surface area contributed by atoms with Crippen molar-refractivity contribution >= 4 is 22.5 Å². The zero-order valence-corrected chi connectivity index (χ0v) is 9.40. The van der Waals surface area contributed by atoms with Gasteiger partial charge in [-0.2, -0.15) is 0 Å². The Kier molecular flexibility index (Phi) is 2.32. The summed E-state index contributed by atoms with van der Waals surface area (Å²) in [5.41, 5.74) is 2.15. The summed E-state index contributed by atoms with van der Waals surface area (Å²) in [6, 6.07) is 8.11. The maximum atomic E-state index is 11.4. The van der Waals surface area contributed by atoms with Gasteiger partial charge >= 0.3 is 0 Å². The number of carbonyl (C=O) groups excluding carboxylic acids is 2. The van der Waals surface area contributed by atoms with Crippen LogP contribution in [0.15, 0.2) is 30.5 Å². The minimum absolute atomic E-state index is 0.0662. The lowest BCUT2D eigenvalue weighted by Crippen LogP contribution is -2.21. The zero-order valence-electron chi connectivity index (χ0n) is 9.40. The molecule has 1 aliphatic rings. The topological polar surface area (TPSA) is 49.9 Å². The van der Waals surface area contributed by atoms with E-state index in [-0.39, 0.29) is 23.9 Å². The molecule has 1 saturated carbocycles. The van der Waals surface area contributed by atoms with E-state index in [1.54, 1.807) is 0 Å². The molecule has 2 aromatic rings. The molecule has 0 radical (unpaired) electrons. The van der Waals surface area contributed by atoms with Crippen molar-refractivity contribution in [2.75, 3.05) is 0 Å². The highest BCUT2D eigenvalue weighted by Crippen LogP contribution is 2.30. The first-order chi connectivity index (χ1) is 8.22. The van der Waals surface area contributed by atoms with Crippen LogP contribution in [0.3, 0.4) is 0 Å². The molecule has 3 rings (SSSR count). The molecule has 0 saturated heterocycles. The van der Waals surface area contributed by atoms with Gasteiger partial charge in [0.15, 0.2) is 0 Å². The van der Waals surface area contributed by atoms with Crippen LogP contribution in [0.25, 0.3) is 10.9 Å². The molecule has 1 aliphatic carbocycles. The van der Waals surface area contributed by atoms with Gasteiger partial charge in [-0.3, -0.25) is 9.59 Å². The van der Waals surface area contributed by atoms with Crippen LogP contribution in [-0.2, 0) is 9.59 Å². The van der Waals surface area contributed by atoms with Gasteiger partial charge in [0.25, 0.3) is 0 Å². The third kappa shape index (κ3) is 1.88. The first kappa shape index (κ1) is 10.3. The smallest absolute Gasteiger partial charge is 0.140 e. The number of fused-ring (bicyclic) bond motifs is 1. The minimum Gasteiger partial charge on any atom is -0.361 e. The molecule has 0 spiro atoms. The number of hydrogen-bond acceptors (Lipinski definition) is 2. The average Bonchev–Trinajstić information content (AvgIpc) is 2.74. The minimum atomic E-state index is 0.0662. The second-order valence-electron chi connectivity index (χ2n) is 4.68. The number of benzene rings is 1. The quantitative estimate of drug-likeness (QED) is 0.761. The third-order valence-corrected chi connectivity index (χ3v) is 3.39. The monoisotopic (exact) mass is 227 g/mol. The van der Waals surface area contributed by atoms with Gasteiger partial charge in [-0.15, -0.1) is 0 Å². The van der Waals surface area contributed by atoms with Crippen molar-refractivity contribution in [1.29, 1.82) is 0 Å². The molecule has 1 heterocycles. The molecular weight excluding hydrogens is 214 g/mol. The van der Waals surface area contributed by atoms with Gasteiger partial charge in [-0.05, 0) is 29.0 Å². The van der Waals surface area contributed by atoms with Crippen LogP contribution in [-0.4, -0.2) is 16.6 Å². The molecule has 3 nitrogen and oxygen atoms in total. The Hall–Kier alpha value is -1.90. The second-order valence-corrected chi connectivity index (χ2v) is 4.68. The van der Waals surface area contributed by atoms with Gasteiger partial charge in [0.05, 0.1) is 6.42 Å².